The summed E-state index contributed by atoms with van der Waals surface area (Å²) in [5.41, 5.74) is 1.38. The number of carbonyl (C=O) groups excluding carboxylic acids is 1. The van der Waals surface area contributed by atoms with E-state index in [-0.39, 0.29) is 0 Å². The minimum Gasteiger partial charge on any atom is -0.488 e. The maximum atomic E-state index is 12.6. The summed E-state index contributed by atoms with van der Waals surface area (Å²) in [6, 6.07) is 18.8. The third-order valence-corrected chi connectivity index (χ3v) is 3.82. The lowest BCUT2D eigenvalue weighted by Gasteiger charge is -2.18. The zero-order valence-corrected chi connectivity index (χ0v) is 12.4. The Labute approximate surface area is 133 Å². The van der Waals surface area contributed by atoms with Gasteiger partial charge in [0.2, 0.25) is 0 Å². The molecule has 1 aliphatic heterocycles. The van der Waals surface area contributed by atoms with Crippen molar-refractivity contribution in [2.24, 2.45) is 0 Å². The summed E-state index contributed by atoms with van der Waals surface area (Å²) in [5.74, 6) is 0.700. The van der Waals surface area contributed by atoms with E-state index in [9.17, 15) is 4.79 Å². The fourth-order valence-corrected chi connectivity index (χ4v) is 2.78. The topological polar surface area (TPSA) is 35.5 Å². The molecule has 3 heteroatoms. The zero-order valence-electron chi connectivity index (χ0n) is 12.4. The van der Waals surface area contributed by atoms with E-state index >= 15 is 0 Å². The third kappa shape index (κ3) is 2.46. The molecule has 1 aliphatic rings. The van der Waals surface area contributed by atoms with Crippen molar-refractivity contribution in [3.05, 3.63) is 77.9 Å². The molecule has 1 heterocycles. The quantitative estimate of drug-likeness (QED) is 0.518. The maximum absolute atomic E-state index is 12.6. The van der Waals surface area contributed by atoms with Gasteiger partial charge in [0, 0.05) is 5.56 Å². The number of fused-ring (bicyclic) bond motifs is 3. The number of esters is 1. The first-order valence-electron chi connectivity index (χ1n) is 7.45. The molecule has 4 rings (SSSR count). The van der Waals surface area contributed by atoms with Crippen molar-refractivity contribution in [1.82, 2.24) is 0 Å². The Morgan fingerprint density at radius 2 is 1.78 bits per heavy atom. The molecule has 3 aromatic rings. The van der Waals surface area contributed by atoms with Gasteiger partial charge in [-0.05, 0) is 35.0 Å². The maximum Gasteiger partial charge on any atom is 0.347 e. The van der Waals surface area contributed by atoms with Crippen LogP contribution in [0.2, 0.25) is 0 Å². The highest BCUT2D eigenvalue weighted by Gasteiger charge is 2.21. The van der Waals surface area contributed by atoms with Gasteiger partial charge in [-0.25, -0.2) is 4.79 Å². The molecule has 0 bridgehead atoms. The molecule has 0 saturated heterocycles. The number of benzene rings is 3. The Balaban J connectivity index is 1.83. The fourth-order valence-electron chi connectivity index (χ4n) is 2.78. The number of rotatable bonds is 2. The molecule has 0 aromatic heterocycles. The first kappa shape index (κ1) is 13.6. The molecule has 3 aromatic carbocycles. The van der Waals surface area contributed by atoms with E-state index in [0.29, 0.717) is 23.7 Å². The van der Waals surface area contributed by atoms with E-state index in [0.717, 1.165) is 16.3 Å². The highest BCUT2D eigenvalue weighted by atomic mass is 16.5. The SMILES string of the molecule is O=C(Oc1ccccc1)c1cc2ccccc2c2c1OCC=C2. The summed E-state index contributed by atoms with van der Waals surface area (Å²) >= 11 is 0. The molecule has 23 heavy (non-hydrogen) atoms. The normalized spacial score (nSPS) is 12.5. The van der Waals surface area contributed by atoms with E-state index in [2.05, 4.69) is 0 Å². The second-order valence-electron chi connectivity index (χ2n) is 5.30. The van der Waals surface area contributed by atoms with Crippen LogP contribution in [0, 0.1) is 0 Å². The van der Waals surface area contributed by atoms with E-state index < -0.39 is 5.97 Å². The van der Waals surface area contributed by atoms with Crippen molar-refractivity contribution in [1.29, 1.82) is 0 Å². The number of hydrogen-bond acceptors (Lipinski definition) is 3. The number of ether oxygens (including phenoxy) is 2. The standard InChI is InChI=1S/C20H14O3/c21-20(23-15-8-2-1-3-9-15)18-13-14-7-4-5-10-16(14)17-11-6-12-22-19(17)18/h1-11,13H,12H2. The largest absolute Gasteiger partial charge is 0.488 e. The number of hydrogen-bond donors (Lipinski definition) is 0. The van der Waals surface area contributed by atoms with Crippen molar-refractivity contribution in [2.45, 2.75) is 0 Å². The van der Waals surface area contributed by atoms with Gasteiger partial charge in [0.1, 0.15) is 23.7 Å². The van der Waals surface area contributed by atoms with Gasteiger partial charge in [0.25, 0.3) is 0 Å². The molecular weight excluding hydrogens is 288 g/mol. The summed E-state index contributed by atoms with van der Waals surface area (Å²) in [5, 5.41) is 2.05. The van der Waals surface area contributed by atoms with E-state index in [1.807, 2.05) is 60.7 Å². The van der Waals surface area contributed by atoms with Gasteiger partial charge in [0.15, 0.2) is 0 Å². The third-order valence-electron chi connectivity index (χ3n) is 3.82. The average Bonchev–Trinajstić information content (AvgIpc) is 2.62. The van der Waals surface area contributed by atoms with Crippen LogP contribution in [0.3, 0.4) is 0 Å². The highest BCUT2D eigenvalue weighted by molar-refractivity contribution is 6.04. The lowest BCUT2D eigenvalue weighted by Crippen LogP contribution is -2.13. The molecule has 0 radical (unpaired) electrons. The number of para-hydroxylation sites is 1. The molecule has 0 fully saturated rings. The molecule has 0 N–H and O–H groups in total. The van der Waals surface area contributed by atoms with Gasteiger partial charge in [-0.2, -0.15) is 0 Å². The molecule has 0 unspecified atom stereocenters. The van der Waals surface area contributed by atoms with Gasteiger partial charge >= 0.3 is 5.97 Å². The lowest BCUT2D eigenvalue weighted by atomic mass is 9.98. The van der Waals surface area contributed by atoms with Crippen LogP contribution < -0.4 is 9.47 Å². The Hall–Kier alpha value is -3.07. The van der Waals surface area contributed by atoms with Crippen molar-refractivity contribution in [3.63, 3.8) is 0 Å². The second kappa shape index (κ2) is 5.61. The molecule has 0 saturated carbocycles. The summed E-state index contributed by atoms with van der Waals surface area (Å²) in [6.45, 7) is 0.455. The van der Waals surface area contributed by atoms with Gasteiger partial charge in [-0.1, -0.05) is 48.5 Å². The van der Waals surface area contributed by atoms with Crippen molar-refractivity contribution in [2.75, 3.05) is 6.61 Å². The molecule has 112 valence electrons. The molecule has 3 nitrogen and oxygen atoms in total. The smallest absolute Gasteiger partial charge is 0.347 e. The molecule has 0 amide bonds. The zero-order chi connectivity index (χ0) is 15.6. The Bertz CT molecular complexity index is 911. The molecule has 0 aliphatic carbocycles. The van der Waals surface area contributed by atoms with Gasteiger partial charge in [-0.3, -0.25) is 0 Å². The van der Waals surface area contributed by atoms with E-state index in [4.69, 9.17) is 9.47 Å². The van der Waals surface area contributed by atoms with Crippen molar-refractivity contribution >= 4 is 22.8 Å². The summed E-state index contributed by atoms with van der Waals surface area (Å²) in [4.78, 5) is 12.6. The second-order valence-corrected chi connectivity index (χ2v) is 5.30. The summed E-state index contributed by atoms with van der Waals surface area (Å²) < 4.78 is 11.2. The first-order chi connectivity index (χ1) is 11.3. The predicted molar refractivity (Wildman–Crippen MR) is 89.9 cm³/mol. The monoisotopic (exact) mass is 302 g/mol. The van der Waals surface area contributed by atoms with Crippen LogP contribution in [0.4, 0.5) is 0 Å². The van der Waals surface area contributed by atoms with Crippen molar-refractivity contribution in [3.8, 4) is 11.5 Å². The molecule has 0 spiro atoms. The van der Waals surface area contributed by atoms with Crippen LogP contribution in [0.1, 0.15) is 15.9 Å². The van der Waals surface area contributed by atoms with Crippen LogP contribution in [-0.2, 0) is 0 Å². The predicted octanol–water partition coefficient (Wildman–Crippen LogP) is 4.46. The summed E-state index contributed by atoms with van der Waals surface area (Å²) in [7, 11) is 0. The summed E-state index contributed by atoms with van der Waals surface area (Å²) in [6.07, 6.45) is 3.95. The van der Waals surface area contributed by atoms with Crippen LogP contribution in [0.5, 0.6) is 11.5 Å². The van der Waals surface area contributed by atoms with Gasteiger partial charge < -0.3 is 9.47 Å². The molecule has 0 atom stereocenters. The fraction of sp³-hybridized carbons (Fsp3) is 0.0500. The van der Waals surface area contributed by atoms with Crippen LogP contribution in [0.25, 0.3) is 16.8 Å². The van der Waals surface area contributed by atoms with E-state index in [1.54, 1.807) is 12.1 Å². The molecular formula is C20H14O3. The van der Waals surface area contributed by atoms with Gasteiger partial charge in [-0.15, -0.1) is 0 Å². The van der Waals surface area contributed by atoms with Gasteiger partial charge in [0.05, 0.1) is 0 Å². The van der Waals surface area contributed by atoms with Crippen molar-refractivity contribution < 1.29 is 14.3 Å². The minimum atomic E-state index is -0.409. The Morgan fingerprint density at radius 1 is 1.00 bits per heavy atom. The highest BCUT2D eigenvalue weighted by Crippen LogP contribution is 2.35. The minimum absolute atomic E-state index is 0.409. The Kier molecular flexibility index (Phi) is 3.31. The van der Waals surface area contributed by atoms with Crippen LogP contribution >= 0.6 is 0 Å². The first-order valence-corrected chi connectivity index (χ1v) is 7.45. The number of carbonyl (C=O) groups is 1. The van der Waals surface area contributed by atoms with Crippen LogP contribution in [-0.4, -0.2) is 12.6 Å². The van der Waals surface area contributed by atoms with E-state index in [1.165, 1.54) is 0 Å². The van der Waals surface area contributed by atoms with Crippen LogP contribution in [0.15, 0.2) is 66.7 Å². The Morgan fingerprint density at radius 3 is 2.65 bits per heavy atom. The lowest BCUT2D eigenvalue weighted by molar-refractivity contribution is 0.0731. The average molecular weight is 302 g/mol.